The summed E-state index contributed by atoms with van der Waals surface area (Å²) in [5, 5.41) is 0. The van der Waals surface area contributed by atoms with Gasteiger partial charge in [-0.15, -0.1) is 0 Å². The Balaban J connectivity index is 1.63. The zero-order chi connectivity index (χ0) is 21.4. The van der Waals surface area contributed by atoms with Gasteiger partial charge in [-0.1, -0.05) is 0 Å². The first-order valence-electron chi connectivity index (χ1n) is 9.60. The van der Waals surface area contributed by atoms with Crippen molar-refractivity contribution in [1.82, 2.24) is 9.21 Å². The van der Waals surface area contributed by atoms with E-state index in [1.165, 1.54) is 4.31 Å². The van der Waals surface area contributed by atoms with Crippen molar-refractivity contribution >= 4 is 15.9 Å². The van der Waals surface area contributed by atoms with Crippen molar-refractivity contribution in [2.45, 2.75) is 50.0 Å². The molecule has 10 heteroatoms. The molecule has 2 heterocycles. The first-order valence-corrected chi connectivity index (χ1v) is 11.0. The first kappa shape index (κ1) is 22.0. The molecule has 0 bridgehead atoms. The Bertz CT molecular complexity index is 824. The van der Waals surface area contributed by atoms with Crippen LogP contribution in [0.1, 0.15) is 32.3 Å². The van der Waals surface area contributed by atoms with Gasteiger partial charge in [-0.05, 0) is 51.0 Å². The fourth-order valence-electron chi connectivity index (χ4n) is 3.98. The summed E-state index contributed by atoms with van der Waals surface area (Å²) >= 11 is 0. The van der Waals surface area contributed by atoms with Gasteiger partial charge >= 0.3 is 6.18 Å². The number of benzene rings is 1. The third-order valence-electron chi connectivity index (χ3n) is 5.42. The molecule has 29 heavy (non-hydrogen) atoms. The van der Waals surface area contributed by atoms with Crippen LogP contribution < -0.4 is 0 Å². The highest BCUT2D eigenvalue weighted by Crippen LogP contribution is 2.31. The molecule has 0 saturated carbocycles. The zero-order valence-electron chi connectivity index (χ0n) is 16.4. The predicted octanol–water partition coefficient (Wildman–Crippen LogP) is 2.74. The summed E-state index contributed by atoms with van der Waals surface area (Å²) in [4.78, 5) is 14.3. The van der Waals surface area contributed by atoms with Crippen molar-refractivity contribution in [1.29, 1.82) is 0 Å². The summed E-state index contributed by atoms with van der Waals surface area (Å²) in [7, 11) is -3.91. The van der Waals surface area contributed by atoms with Crippen molar-refractivity contribution in [3.05, 3.63) is 29.8 Å². The van der Waals surface area contributed by atoms with Gasteiger partial charge in [0.1, 0.15) is 0 Å². The summed E-state index contributed by atoms with van der Waals surface area (Å²) in [6.45, 7) is 4.62. The van der Waals surface area contributed by atoms with Gasteiger partial charge in [0.15, 0.2) is 0 Å². The maximum Gasteiger partial charge on any atom is 0.416 e. The van der Waals surface area contributed by atoms with Gasteiger partial charge in [-0.3, -0.25) is 4.79 Å². The molecule has 3 atom stereocenters. The molecule has 3 rings (SSSR count). The van der Waals surface area contributed by atoms with Crippen LogP contribution in [-0.4, -0.2) is 61.9 Å². The second kappa shape index (κ2) is 8.23. The summed E-state index contributed by atoms with van der Waals surface area (Å²) < 4.78 is 70.4. The Morgan fingerprint density at radius 3 is 2.00 bits per heavy atom. The molecular weight excluding hydrogens is 409 g/mol. The largest absolute Gasteiger partial charge is 0.416 e. The molecule has 2 fully saturated rings. The van der Waals surface area contributed by atoms with Gasteiger partial charge in [0.05, 0.1) is 22.7 Å². The van der Waals surface area contributed by atoms with Gasteiger partial charge in [0.25, 0.3) is 0 Å². The molecule has 0 radical (unpaired) electrons. The van der Waals surface area contributed by atoms with E-state index in [1.54, 1.807) is 4.90 Å². The van der Waals surface area contributed by atoms with Crippen molar-refractivity contribution in [3.63, 3.8) is 0 Å². The average molecular weight is 434 g/mol. The van der Waals surface area contributed by atoms with E-state index in [1.807, 2.05) is 13.8 Å². The van der Waals surface area contributed by atoms with E-state index < -0.39 is 21.8 Å². The molecule has 1 aromatic rings. The maximum atomic E-state index is 12.8. The van der Waals surface area contributed by atoms with E-state index in [9.17, 15) is 26.4 Å². The number of hydrogen-bond acceptors (Lipinski definition) is 4. The molecule has 2 aliphatic heterocycles. The SMILES string of the molecule is C[C@@H]1CC(C(=O)N2CCN(S(=O)(=O)c3ccc(C(F)(F)F)cc3)CC2)C[C@H](C)O1. The Morgan fingerprint density at radius 1 is 1.00 bits per heavy atom. The molecule has 2 saturated heterocycles. The van der Waals surface area contributed by atoms with Crippen LogP contribution in [0.25, 0.3) is 0 Å². The topological polar surface area (TPSA) is 66.9 Å². The van der Waals surface area contributed by atoms with Crippen LogP contribution in [0.5, 0.6) is 0 Å². The molecular formula is C19H25F3N2O4S. The zero-order valence-corrected chi connectivity index (χ0v) is 17.2. The standard InChI is InChI=1S/C19H25F3N2O4S/c1-13-11-15(12-14(2)28-13)18(25)23-7-9-24(10-8-23)29(26,27)17-5-3-16(4-6-17)19(20,21)22/h3-6,13-15H,7-12H2,1-2H3/t13-,14+,15?. The minimum absolute atomic E-state index is 0.00837. The molecule has 1 amide bonds. The lowest BCUT2D eigenvalue weighted by Crippen LogP contribution is -2.52. The smallest absolute Gasteiger partial charge is 0.376 e. The Kier molecular flexibility index (Phi) is 6.26. The van der Waals surface area contributed by atoms with Crippen molar-refractivity contribution < 1.29 is 31.1 Å². The number of carbonyl (C=O) groups is 1. The van der Waals surface area contributed by atoms with Crippen LogP contribution in [-0.2, 0) is 25.7 Å². The molecule has 1 aromatic carbocycles. The molecule has 0 aliphatic carbocycles. The van der Waals surface area contributed by atoms with Crippen LogP contribution in [0.3, 0.4) is 0 Å². The second-order valence-electron chi connectivity index (χ2n) is 7.68. The fraction of sp³-hybridized carbons (Fsp3) is 0.632. The van der Waals surface area contributed by atoms with E-state index in [0.717, 1.165) is 24.3 Å². The highest BCUT2D eigenvalue weighted by atomic mass is 32.2. The molecule has 0 N–H and O–H groups in total. The third-order valence-corrected chi connectivity index (χ3v) is 7.33. The molecule has 162 valence electrons. The van der Waals surface area contributed by atoms with Crippen molar-refractivity contribution in [3.8, 4) is 0 Å². The highest BCUT2D eigenvalue weighted by Gasteiger charge is 2.36. The normalized spacial score (nSPS) is 27.1. The van der Waals surface area contributed by atoms with Crippen LogP contribution in [0.15, 0.2) is 29.2 Å². The maximum absolute atomic E-state index is 12.8. The van der Waals surface area contributed by atoms with Gasteiger partial charge < -0.3 is 9.64 Å². The number of carbonyl (C=O) groups excluding carboxylic acids is 1. The number of alkyl halides is 3. The van der Waals surface area contributed by atoms with Gasteiger partial charge in [-0.2, -0.15) is 17.5 Å². The Labute approximate surface area is 168 Å². The number of ether oxygens (including phenoxy) is 1. The number of nitrogens with zero attached hydrogens (tertiary/aromatic N) is 2. The molecule has 2 aliphatic rings. The number of sulfonamides is 1. The summed E-state index contributed by atoms with van der Waals surface area (Å²) in [5.74, 6) is -0.120. The van der Waals surface area contributed by atoms with E-state index in [-0.39, 0.29) is 55.1 Å². The predicted molar refractivity (Wildman–Crippen MR) is 99.5 cm³/mol. The summed E-state index contributed by atoms with van der Waals surface area (Å²) in [6.07, 6.45) is -3.21. The molecule has 6 nitrogen and oxygen atoms in total. The minimum atomic E-state index is -4.52. The number of halogens is 3. The molecule has 0 spiro atoms. The van der Waals surface area contributed by atoms with Crippen LogP contribution in [0.4, 0.5) is 13.2 Å². The second-order valence-corrected chi connectivity index (χ2v) is 9.62. The van der Waals surface area contributed by atoms with Gasteiger partial charge in [0.2, 0.25) is 15.9 Å². The van der Waals surface area contributed by atoms with E-state index in [4.69, 9.17) is 4.74 Å². The number of amides is 1. The van der Waals surface area contributed by atoms with Crippen LogP contribution in [0.2, 0.25) is 0 Å². The van der Waals surface area contributed by atoms with Gasteiger partial charge in [0, 0.05) is 32.1 Å². The number of piperazine rings is 1. The van der Waals surface area contributed by atoms with Crippen LogP contribution in [0, 0.1) is 5.92 Å². The Hall–Kier alpha value is -1.65. The van der Waals surface area contributed by atoms with Crippen molar-refractivity contribution in [2.75, 3.05) is 26.2 Å². The fourth-order valence-corrected chi connectivity index (χ4v) is 5.40. The lowest BCUT2D eigenvalue weighted by Gasteiger charge is -2.38. The quantitative estimate of drug-likeness (QED) is 0.734. The van der Waals surface area contributed by atoms with Crippen molar-refractivity contribution in [2.24, 2.45) is 5.92 Å². The highest BCUT2D eigenvalue weighted by molar-refractivity contribution is 7.89. The van der Waals surface area contributed by atoms with Gasteiger partial charge in [-0.25, -0.2) is 8.42 Å². The average Bonchev–Trinajstić information content (AvgIpc) is 2.66. The monoisotopic (exact) mass is 434 g/mol. The van der Waals surface area contributed by atoms with E-state index in [0.29, 0.717) is 12.8 Å². The lowest BCUT2D eigenvalue weighted by atomic mass is 9.91. The molecule has 0 aromatic heterocycles. The minimum Gasteiger partial charge on any atom is -0.376 e. The summed E-state index contributed by atoms with van der Waals surface area (Å²) in [5.41, 5.74) is -0.896. The molecule has 1 unspecified atom stereocenters. The third kappa shape index (κ3) is 4.92. The van der Waals surface area contributed by atoms with E-state index in [2.05, 4.69) is 0 Å². The summed E-state index contributed by atoms with van der Waals surface area (Å²) in [6, 6.07) is 3.47. The number of rotatable bonds is 3. The van der Waals surface area contributed by atoms with Crippen LogP contribution >= 0.6 is 0 Å². The lowest BCUT2D eigenvalue weighted by molar-refractivity contribution is -0.144. The van der Waals surface area contributed by atoms with E-state index >= 15 is 0 Å². The Morgan fingerprint density at radius 2 is 1.52 bits per heavy atom. The first-order chi connectivity index (χ1) is 13.5. The number of hydrogen-bond donors (Lipinski definition) is 0.